The molecule has 1 aliphatic rings. The highest BCUT2D eigenvalue weighted by Crippen LogP contribution is 2.36. The fourth-order valence-electron chi connectivity index (χ4n) is 4.88. The van der Waals surface area contributed by atoms with E-state index in [4.69, 9.17) is 16.2 Å². The van der Waals surface area contributed by atoms with Gasteiger partial charge in [0.2, 0.25) is 0 Å². The van der Waals surface area contributed by atoms with Crippen LogP contribution in [0.4, 0.5) is 34.6 Å². The van der Waals surface area contributed by atoms with Crippen LogP contribution in [0.25, 0.3) is 16.7 Å². The number of benzene rings is 3. The molecule has 0 aliphatic carbocycles. The van der Waals surface area contributed by atoms with E-state index in [0.29, 0.717) is 43.0 Å². The van der Waals surface area contributed by atoms with Gasteiger partial charge in [-0.05, 0) is 63.9 Å². The maximum absolute atomic E-state index is 12.3. The maximum atomic E-state index is 12.3. The van der Waals surface area contributed by atoms with Crippen molar-refractivity contribution in [3.05, 3.63) is 78.6 Å². The Morgan fingerprint density at radius 1 is 0.939 bits per heavy atom. The van der Waals surface area contributed by atoms with Gasteiger partial charge in [-0.3, -0.25) is 13.9 Å². The van der Waals surface area contributed by atoms with Gasteiger partial charge >= 0.3 is 17.8 Å². The minimum absolute atomic E-state index is 0.0406. The van der Waals surface area contributed by atoms with Crippen LogP contribution in [0.15, 0.2) is 93.1 Å². The van der Waals surface area contributed by atoms with Gasteiger partial charge in [-0.25, -0.2) is 4.57 Å². The molecule has 20 heteroatoms. The van der Waals surface area contributed by atoms with Gasteiger partial charge in [-0.1, -0.05) is 12.1 Å². The molecule has 1 saturated heterocycles. The standard InChI is InChI=1S/C29H26N10O8S2/c30-22-7-3-17-14-20(48(41,42)43)5-6-21(17)25(22)37-36-23-15-19(4-8-24(23)49(44,45)46)32-27-33-28(38-10-12-47-13-11-38)35-29(34-27)39-9-1-2-18(16-39)26(31)40/h1-9,14-16H,10-13H2,(H6-,30,31,32,33,34,35,36,40,41,42,43,44,45,46)/p+1. The molecule has 5 aromatic rings. The quantitative estimate of drug-likeness (QED) is 0.0638. The number of fused-ring (bicyclic) bond motifs is 1. The number of morpholine rings is 1. The molecule has 1 amide bonds. The third-order valence-electron chi connectivity index (χ3n) is 7.26. The molecule has 0 spiro atoms. The molecule has 18 nitrogen and oxygen atoms in total. The zero-order chi connectivity index (χ0) is 34.9. The first-order valence-corrected chi connectivity index (χ1v) is 17.1. The number of primary amides is 1. The van der Waals surface area contributed by atoms with Gasteiger partial charge in [0, 0.05) is 24.2 Å². The van der Waals surface area contributed by atoms with Crippen molar-refractivity contribution in [1.29, 1.82) is 0 Å². The number of nitrogen functional groups attached to an aromatic ring is 1. The number of hydrogen-bond acceptors (Lipinski definition) is 14. The molecule has 0 unspecified atom stereocenters. The highest BCUT2D eigenvalue weighted by molar-refractivity contribution is 7.86. The highest BCUT2D eigenvalue weighted by atomic mass is 32.2. The van der Waals surface area contributed by atoms with Crippen LogP contribution in [0, 0.1) is 0 Å². The van der Waals surface area contributed by atoms with Crippen molar-refractivity contribution in [2.24, 2.45) is 16.0 Å². The summed E-state index contributed by atoms with van der Waals surface area (Å²) >= 11 is 0. The van der Waals surface area contributed by atoms with Crippen molar-refractivity contribution in [3.63, 3.8) is 0 Å². The van der Waals surface area contributed by atoms with Crippen molar-refractivity contribution < 1.29 is 40.0 Å². The summed E-state index contributed by atoms with van der Waals surface area (Å²) in [7, 11) is -9.27. The second-order valence-corrected chi connectivity index (χ2v) is 13.4. The average Bonchev–Trinajstić information content (AvgIpc) is 3.07. The predicted octanol–water partition coefficient (Wildman–Crippen LogP) is 2.47. The van der Waals surface area contributed by atoms with Crippen molar-refractivity contribution in [2.75, 3.05) is 42.3 Å². The van der Waals surface area contributed by atoms with Crippen LogP contribution in [0.1, 0.15) is 10.4 Å². The number of amides is 1. The molecule has 0 bridgehead atoms. The molecule has 1 fully saturated rings. The summed E-state index contributed by atoms with van der Waals surface area (Å²) in [6.07, 6.45) is 3.09. The Kier molecular flexibility index (Phi) is 8.88. The van der Waals surface area contributed by atoms with Gasteiger partial charge in [0.1, 0.15) is 16.3 Å². The zero-order valence-corrected chi connectivity index (χ0v) is 26.8. The van der Waals surface area contributed by atoms with E-state index in [-0.39, 0.29) is 45.1 Å². The van der Waals surface area contributed by atoms with Crippen molar-refractivity contribution in [2.45, 2.75) is 9.79 Å². The van der Waals surface area contributed by atoms with E-state index in [1.807, 2.05) is 4.90 Å². The van der Waals surface area contributed by atoms with E-state index >= 15 is 0 Å². The number of carbonyl (C=O) groups excluding carboxylic acids is 1. The maximum Gasteiger partial charge on any atom is 0.444 e. The summed E-state index contributed by atoms with van der Waals surface area (Å²) < 4.78 is 74.1. The number of aromatic nitrogens is 4. The number of anilines is 4. The molecule has 0 saturated carbocycles. The second-order valence-electron chi connectivity index (χ2n) is 10.6. The Hall–Kier alpha value is -5.67. The molecular weight excluding hydrogens is 681 g/mol. The molecule has 7 N–H and O–H groups in total. The van der Waals surface area contributed by atoms with Crippen LogP contribution in [0.2, 0.25) is 0 Å². The lowest BCUT2D eigenvalue weighted by Crippen LogP contribution is -2.39. The van der Waals surface area contributed by atoms with E-state index in [2.05, 4.69) is 30.5 Å². The minimum atomic E-state index is -4.79. The summed E-state index contributed by atoms with van der Waals surface area (Å²) in [4.78, 5) is 26.4. The molecule has 3 aromatic carbocycles. The molecule has 49 heavy (non-hydrogen) atoms. The fourth-order valence-corrected chi connectivity index (χ4v) is 6.00. The van der Waals surface area contributed by atoms with Crippen LogP contribution in [0.3, 0.4) is 0 Å². The Balaban J connectivity index is 1.41. The first-order chi connectivity index (χ1) is 23.3. The number of nitrogens with zero attached hydrogens (tertiary/aromatic N) is 7. The summed E-state index contributed by atoms with van der Waals surface area (Å²) in [6.45, 7) is 1.89. The smallest absolute Gasteiger partial charge is 0.397 e. The number of nitrogens with one attached hydrogen (secondary N) is 1. The van der Waals surface area contributed by atoms with Crippen molar-refractivity contribution in [3.8, 4) is 5.95 Å². The largest absolute Gasteiger partial charge is 0.444 e. The van der Waals surface area contributed by atoms with E-state index in [0.717, 1.165) is 12.1 Å². The molecule has 0 radical (unpaired) electrons. The van der Waals surface area contributed by atoms with Gasteiger partial charge < -0.3 is 26.4 Å². The number of hydrogen-bond donors (Lipinski definition) is 5. The van der Waals surface area contributed by atoms with E-state index in [1.165, 1.54) is 53.2 Å². The van der Waals surface area contributed by atoms with Gasteiger partial charge in [-0.2, -0.15) is 16.8 Å². The Bertz CT molecular complexity index is 2370. The second kappa shape index (κ2) is 13.1. The average molecular weight is 708 g/mol. The van der Waals surface area contributed by atoms with Gasteiger partial charge in [-0.15, -0.1) is 15.2 Å². The molecule has 2 aromatic heterocycles. The number of ether oxygens (including phenoxy) is 1. The van der Waals surface area contributed by atoms with Crippen LogP contribution in [-0.2, 0) is 25.0 Å². The Morgan fingerprint density at radius 2 is 1.71 bits per heavy atom. The van der Waals surface area contributed by atoms with Gasteiger partial charge in [0.15, 0.2) is 0 Å². The molecule has 6 rings (SSSR count). The first-order valence-electron chi connectivity index (χ1n) is 14.3. The highest BCUT2D eigenvalue weighted by Gasteiger charge is 2.25. The third-order valence-corrected chi connectivity index (χ3v) is 9.02. The summed E-state index contributed by atoms with van der Waals surface area (Å²) in [5.74, 6) is -0.172. The van der Waals surface area contributed by atoms with Gasteiger partial charge in [0.25, 0.3) is 26.1 Å². The molecule has 1 aliphatic heterocycles. The number of nitrogens with two attached hydrogens (primary N) is 2. The molecular formula is C29H27N10O8S2+. The molecule has 0 atom stereocenters. The fraction of sp³-hybridized carbons (Fsp3) is 0.138. The Labute approximate surface area is 278 Å². The van der Waals surface area contributed by atoms with Crippen LogP contribution in [-0.4, -0.2) is 73.1 Å². The van der Waals surface area contributed by atoms with Gasteiger partial charge in [0.05, 0.1) is 41.8 Å². The summed E-state index contributed by atoms with van der Waals surface area (Å²) in [5.41, 5.74) is 12.0. The lowest BCUT2D eigenvalue weighted by molar-refractivity contribution is -0.603. The third kappa shape index (κ3) is 7.42. The monoisotopic (exact) mass is 707 g/mol. The summed E-state index contributed by atoms with van der Waals surface area (Å²) in [6, 6.07) is 13.6. The number of carbonyl (C=O) groups is 1. The topological polar surface area (TPSA) is 270 Å². The van der Waals surface area contributed by atoms with Crippen LogP contribution < -0.4 is 26.3 Å². The molecule has 252 valence electrons. The summed E-state index contributed by atoms with van der Waals surface area (Å²) in [5, 5.41) is 11.9. The van der Waals surface area contributed by atoms with E-state index in [9.17, 15) is 30.7 Å². The zero-order valence-electron chi connectivity index (χ0n) is 25.2. The van der Waals surface area contributed by atoms with Crippen molar-refractivity contribution in [1.82, 2.24) is 15.0 Å². The van der Waals surface area contributed by atoms with Crippen LogP contribution in [0.5, 0.6) is 0 Å². The van der Waals surface area contributed by atoms with E-state index < -0.39 is 31.0 Å². The molecule has 3 heterocycles. The predicted molar refractivity (Wildman–Crippen MR) is 175 cm³/mol. The van der Waals surface area contributed by atoms with Crippen LogP contribution >= 0.6 is 0 Å². The normalized spacial score (nSPS) is 14.0. The number of pyridine rings is 1. The number of azo groups is 1. The minimum Gasteiger partial charge on any atom is -0.397 e. The number of rotatable bonds is 9. The van der Waals surface area contributed by atoms with Crippen molar-refractivity contribution >= 4 is 71.6 Å². The Morgan fingerprint density at radius 3 is 2.43 bits per heavy atom. The first kappa shape index (κ1) is 33.2. The van der Waals surface area contributed by atoms with E-state index in [1.54, 1.807) is 12.3 Å². The lowest BCUT2D eigenvalue weighted by atomic mass is 10.1. The lowest BCUT2D eigenvalue weighted by Gasteiger charge is -2.24. The SMILES string of the molecule is NC(=O)c1ccc[n+](-c2nc(Nc3ccc(S(=O)(=O)O)c(N=Nc4c(N)ccc5cc(S(=O)(=O)O)ccc45)c3)nc(N3CCOCC3)n2)c1.